The summed E-state index contributed by atoms with van der Waals surface area (Å²) in [5.74, 6) is -1.18. The average Bonchev–Trinajstić information content (AvgIpc) is 2.46. The summed E-state index contributed by atoms with van der Waals surface area (Å²) in [5, 5.41) is 9.76. The minimum Gasteiger partial charge on any atom is -0.501 e. The van der Waals surface area contributed by atoms with Crippen LogP contribution in [-0.2, 0) is 16.5 Å². The number of esters is 1. The summed E-state index contributed by atoms with van der Waals surface area (Å²) >= 11 is 0. The van der Waals surface area contributed by atoms with Crippen LogP contribution in [0.5, 0.6) is 5.75 Å². The Morgan fingerprint density at radius 2 is 2.10 bits per heavy atom. The van der Waals surface area contributed by atoms with Gasteiger partial charge in [0.25, 0.3) is 5.56 Å². The van der Waals surface area contributed by atoms with Gasteiger partial charge in [-0.15, -0.1) is 0 Å². The summed E-state index contributed by atoms with van der Waals surface area (Å²) in [7, 11) is 1.49. The second-order valence-corrected chi connectivity index (χ2v) is 4.29. The van der Waals surface area contributed by atoms with Gasteiger partial charge in [-0.2, -0.15) is 0 Å². The van der Waals surface area contributed by atoms with Crippen molar-refractivity contribution in [1.29, 1.82) is 0 Å². The fourth-order valence-corrected chi connectivity index (χ4v) is 1.97. The maximum atomic E-state index is 12.0. The number of carbonyl (C=O) groups is 1. The number of morpholine rings is 1. The summed E-state index contributed by atoms with van der Waals surface area (Å²) in [4.78, 5) is 29.6. The monoisotopic (exact) mass is 283 g/mol. The molecule has 20 heavy (non-hydrogen) atoms. The second kappa shape index (κ2) is 5.91. The van der Waals surface area contributed by atoms with Crippen LogP contribution >= 0.6 is 0 Å². The molecule has 1 aromatic rings. The largest absolute Gasteiger partial charge is 0.501 e. The average molecular weight is 283 g/mol. The first-order valence-electron chi connectivity index (χ1n) is 6.36. The van der Waals surface area contributed by atoms with Gasteiger partial charge < -0.3 is 19.5 Å². The van der Waals surface area contributed by atoms with Crippen molar-refractivity contribution >= 4 is 11.9 Å². The Labute approximate surface area is 115 Å². The van der Waals surface area contributed by atoms with Crippen LogP contribution in [0.4, 0.5) is 5.95 Å². The van der Waals surface area contributed by atoms with Crippen molar-refractivity contribution in [2.45, 2.75) is 6.92 Å². The summed E-state index contributed by atoms with van der Waals surface area (Å²) in [6, 6.07) is 0. The number of ether oxygens (including phenoxy) is 2. The van der Waals surface area contributed by atoms with E-state index in [1.165, 1.54) is 11.6 Å². The van der Waals surface area contributed by atoms with Crippen molar-refractivity contribution in [1.82, 2.24) is 9.55 Å². The summed E-state index contributed by atoms with van der Waals surface area (Å²) in [6.45, 7) is 3.94. The topological polar surface area (TPSA) is 93.9 Å². The van der Waals surface area contributed by atoms with Crippen LogP contribution in [0.1, 0.15) is 17.4 Å². The van der Waals surface area contributed by atoms with Gasteiger partial charge >= 0.3 is 5.97 Å². The summed E-state index contributed by atoms with van der Waals surface area (Å²) in [5.41, 5.74) is -1.03. The number of carbonyl (C=O) groups excluding carboxylic acids is 1. The van der Waals surface area contributed by atoms with Gasteiger partial charge in [-0.3, -0.25) is 9.36 Å². The van der Waals surface area contributed by atoms with Crippen LogP contribution in [0.15, 0.2) is 4.79 Å². The molecule has 1 aliphatic heterocycles. The SMILES string of the molecule is CCOC(=O)c1nc(N2CCOCC2)n(C)c(=O)c1O. The van der Waals surface area contributed by atoms with Crippen molar-refractivity contribution in [2.24, 2.45) is 7.05 Å². The molecule has 8 nitrogen and oxygen atoms in total. The van der Waals surface area contributed by atoms with E-state index in [1.807, 2.05) is 4.90 Å². The molecule has 1 aliphatic rings. The van der Waals surface area contributed by atoms with Crippen molar-refractivity contribution in [3.05, 3.63) is 16.0 Å². The Morgan fingerprint density at radius 3 is 2.70 bits per heavy atom. The van der Waals surface area contributed by atoms with E-state index in [0.29, 0.717) is 32.3 Å². The lowest BCUT2D eigenvalue weighted by Crippen LogP contribution is -2.40. The minimum atomic E-state index is -0.808. The maximum absolute atomic E-state index is 12.0. The molecule has 1 saturated heterocycles. The molecule has 2 heterocycles. The first-order chi connectivity index (χ1) is 9.56. The lowest BCUT2D eigenvalue weighted by Gasteiger charge is -2.29. The molecule has 0 atom stereocenters. The molecular weight excluding hydrogens is 266 g/mol. The standard InChI is InChI=1S/C12H17N3O5/c1-3-20-11(18)8-9(16)10(17)14(2)12(13-8)15-4-6-19-7-5-15/h16H,3-7H2,1-2H3. The van der Waals surface area contributed by atoms with Gasteiger partial charge in [0.2, 0.25) is 11.7 Å². The molecule has 110 valence electrons. The zero-order chi connectivity index (χ0) is 14.7. The van der Waals surface area contributed by atoms with Crippen LogP contribution < -0.4 is 10.5 Å². The van der Waals surface area contributed by atoms with Crippen molar-refractivity contribution in [2.75, 3.05) is 37.8 Å². The Kier molecular flexibility index (Phi) is 4.23. The molecule has 0 aromatic carbocycles. The number of hydrogen-bond donors (Lipinski definition) is 1. The Balaban J connectivity index is 2.46. The van der Waals surface area contributed by atoms with Crippen molar-refractivity contribution in [3.8, 4) is 5.75 Å². The highest BCUT2D eigenvalue weighted by Crippen LogP contribution is 2.17. The second-order valence-electron chi connectivity index (χ2n) is 4.29. The fraction of sp³-hybridized carbons (Fsp3) is 0.583. The molecule has 0 radical (unpaired) electrons. The number of aromatic nitrogens is 2. The minimum absolute atomic E-state index is 0.141. The van der Waals surface area contributed by atoms with E-state index in [2.05, 4.69) is 4.98 Å². The molecule has 1 N–H and O–H groups in total. The van der Waals surface area contributed by atoms with E-state index in [4.69, 9.17) is 9.47 Å². The normalized spacial score (nSPS) is 15.2. The highest BCUT2D eigenvalue weighted by atomic mass is 16.5. The van der Waals surface area contributed by atoms with Gasteiger partial charge in [0.05, 0.1) is 19.8 Å². The van der Waals surface area contributed by atoms with Crippen LogP contribution in [0.2, 0.25) is 0 Å². The number of anilines is 1. The lowest BCUT2D eigenvalue weighted by atomic mass is 10.3. The highest BCUT2D eigenvalue weighted by molar-refractivity contribution is 5.90. The molecule has 1 aromatic heterocycles. The Morgan fingerprint density at radius 1 is 1.45 bits per heavy atom. The van der Waals surface area contributed by atoms with E-state index >= 15 is 0 Å². The van der Waals surface area contributed by atoms with Gasteiger partial charge in [0.15, 0.2) is 5.69 Å². The molecule has 0 saturated carbocycles. The summed E-state index contributed by atoms with van der Waals surface area (Å²) < 4.78 is 11.2. The molecular formula is C12H17N3O5. The number of nitrogens with zero attached hydrogens (tertiary/aromatic N) is 3. The molecule has 2 rings (SSSR count). The van der Waals surface area contributed by atoms with E-state index < -0.39 is 17.3 Å². The van der Waals surface area contributed by atoms with Crippen LogP contribution in [0.3, 0.4) is 0 Å². The van der Waals surface area contributed by atoms with Crippen LogP contribution in [-0.4, -0.2) is 53.5 Å². The number of hydrogen-bond acceptors (Lipinski definition) is 7. The predicted octanol–water partition coefficient (Wildman–Crippen LogP) is -0.501. The lowest BCUT2D eigenvalue weighted by molar-refractivity contribution is 0.0515. The highest BCUT2D eigenvalue weighted by Gasteiger charge is 2.24. The third-order valence-electron chi connectivity index (χ3n) is 3.01. The third kappa shape index (κ3) is 2.60. The van der Waals surface area contributed by atoms with E-state index in [0.717, 1.165) is 0 Å². The zero-order valence-electron chi connectivity index (χ0n) is 11.5. The van der Waals surface area contributed by atoms with Gasteiger partial charge in [-0.1, -0.05) is 0 Å². The first-order valence-corrected chi connectivity index (χ1v) is 6.36. The third-order valence-corrected chi connectivity index (χ3v) is 3.01. The zero-order valence-corrected chi connectivity index (χ0v) is 11.5. The van der Waals surface area contributed by atoms with Gasteiger partial charge in [0, 0.05) is 20.1 Å². The molecule has 0 bridgehead atoms. The van der Waals surface area contributed by atoms with E-state index in [9.17, 15) is 14.7 Å². The van der Waals surface area contributed by atoms with E-state index in [-0.39, 0.29) is 12.3 Å². The smallest absolute Gasteiger partial charge is 0.361 e. The molecule has 0 spiro atoms. The Hall–Kier alpha value is -2.09. The molecule has 0 unspecified atom stereocenters. The molecule has 1 fully saturated rings. The number of aromatic hydroxyl groups is 1. The van der Waals surface area contributed by atoms with Gasteiger partial charge in [-0.25, -0.2) is 9.78 Å². The van der Waals surface area contributed by atoms with Crippen LogP contribution in [0, 0.1) is 0 Å². The van der Waals surface area contributed by atoms with Gasteiger partial charge in [-0.05, 0) is 6.92 Å². The summed E-state index contributed by atoms with van der Waals surface area (Å²) in [6.07, 6.45) is 0. The predicted molar refractivity (Wildman–Crippen MR) is 70.1 cm³/mol. The molecule has 0 amide bonds. The maximum Gasteiger partial charge on any atom is 0.361 e. The first kappa shape index (κ1) is 14.3. The fourth-order valence-electron chi connectivity index (χ4n) is 1.97. The van der Waals surface area contributed by atoms with Crippen molar-refractivity contribution < 1.29 is 19.4 Å². The van der Waals surface area contributed by atoms with E-state index in [1.54, 1.807) is 6.92 Å². The van der Waals surface area contributed by atoms with Crippen LogP contribution in [0.25, 0.3) is 0 Å². The molecule has 8 heteroatoms. The van der Waals surface area contributed by atoms with Gasteiger partial charge in [0.1, 0.15) is 0 Å². The quantitative estimate of drug-likeness (QED) is 0.747. The molecule has 0 aliphatic carbocycles. The Bertz CT molecular complexity index is 563. The number of rotatable bonds is 3. The van der Waals surface area contributed by atoms with Crippen molar-refractivity contribution in [3.63, 3.8) is 0 Å².